The summed E-state index contributed by atoms with van der Waals surface area (Å²) in [5.41, 5.74) is 0. The second-order valence-electron chi connectivity index (χ2n) is 5.92. The fourth-order valence-electron chi connectivity index (χ4n) is 3.95. The smallest absolute Gasteiger partial charge is 0.320 e. The first kappa shape index (κ1) is 11.4. The molecule has 0 aromatic carbocycles. The lowest BCUT2D eigenvalue weighted by Crippen LogP contribution is -2.46. The zero-order valence-corrected chi connectivity index (χ0v) is 10.7. The number of carbonyl (C=O) groups excluding carboxylic acids is 1. The third-order valence-electron chi connectivity index (χ3n) is 4.87. The van der Waals surface area contributed by atoms with Gasteiger partial charge in [-0.2, -0.15) is 0 Å². The van der Waals surface area contributed by atoms with Crippen molar-refractivity contribution in [3.8, 4) is 0 Å². The molecule has 1 atom stereocenters. The van der Waals surface area contributed by atoms with Gasteiger partial charge in [-0.25, -0.2) is 4.79 Å². The number of amides is 2. The van der Waals surface area contributed by atoms with Crippen LogP contribution in [0, 0.1) is 5.92 Å². The van der Waals surface area contributed by atoms with Gasteiger partial charge in [0.2, 0.25) is 0 Å². The van der Waals surface area contributed by atoms with E-state index in [1.807, 2.05) is 0 Å². The number of rotatable bonds is 1. The predicted molar refractivity (Wildman–Crippen MR) is 67.9 cm³/mol. The van der Waals surface area contributed by atoms with Crippen LogP contribution in [-0.4, -0.2) is 41.5 Å². The average molecular weight is 236 g/mol. The molecule has 0 spiro atoms. The number of carbonyl (C=O) groups is 1. The van der Waals surface area contributed by atoms with Gasteiger partial charge in [-0.05, 0) is 44.4 Å². The Morgan fingerprint density at radius 2 is 1.53 bits per heavy atom. The molecule has 1 unspecified atom stereocenters. The molecule has 0 N–H and O–H groups in total. The van der Waals surface area contributed by atoms with Gasteiger partial charge in [0.25, 0.3) is 0 Å². The highest BCUT2D eigenvalue weighted by Crippen LogP contribution is 2.36. The maximum atomic E-state index is 12.5. The van der Waals surface area contributed by atoms with Crippen LogP contribution in [0.1, 0.15) is 51.4 Å². The van der Waals surface area contributed by atoms with Crippen molar-refractivity contribution in [1.29, 1.82) is 0 Å². The predicted octanol–water partition coefficient (Wildman–Crippen LogP) is 2.86. The molecule has 3 fully saturated rings. The molecule has 0 aromatic heterocycles. The second kappa shape index (κ2) is 4.87. The molecule has 1 saturated carbocycles. The normalized spacial score (nSPS) is 30.5. The standard InChI is InChI=1S/C14H24N2O/c17-14(15-9-3-4-10-15)16-11-5-8-13(16)12-6-1-2-7-12/h12-13H,1-11H2. The Morgan fingerprint density at radius 3 is 2.24 bits per heavy atom. The van der Waals surface area contributed by atoms with Crippen LogP contribution in [0.3, 0.4) is 0 Å². The van der Waals surface area contributed by atoms with E-state index in [0.717, 1.165) is 25.6 Å². The number of hydrogen-bond acceptors (Lipinski definition) is 1. The number of urea groups is 1. The lowest BCUT2D eigenvalue weighted by molar-refractivity contribution is 0.141. The lowest BCUT2D eigenvalue weighted by Gasteiger charge is -2.32. The van der Waals surface area contributed by atoms with Crippen molar-refractivity contribution in [2.75, 3.05) is 19.6 Å². The number of hydrogen-bond donors (Lipinski definition) is 0. The Morgan fingerprint density at radius 1 is 0.824 bits per heavy atom. The van der Waals surface area contributed by atoms with Gasteiger partial charge in [0.1, 0.15) is 0 Å². The van der Waals surface area contributed by atoms with E-state index < -0.39 is 0 Å². The minimum atomic E-state index is 0.344. The molecule has 2 aliphatic heterocycles. The molecule has 3 nitrogen and oxygen atoms in total. The molecule has 0 radical (unpaired) electrons. The Hall–Kier alpha value is -0.730. The molecule has 0 aromatic rings. The molecule has 3 rings (SSSR count). The molecule has 3 aliphatic rings. The molecular formula is C14H24N2O. The molecule has 17 heavy (non-hydrogen) atoms. The molecule has 0 bridgehead atoms. The summed E-state index contributed by atoms with van der Waals surface area (Å²) in [7, 11) is 0. The molecule has 1 aliphatic carbocycles. The molecule has 96 valence electrons. The van der Waals surface area contributed by atoms with Crippen LogP contribution in [0.4, 0.5) is 4.79 Å². The summed E-state index contributed by atoms with van der Waals surface area (Å²) in [6, 6.07) is 0.919. The van der Waals surface area contributed by atoms with Crippen LogP contribution in [-0.2, 0) is 0 Å². The SMILES string of the molecule is O=C(N1CCCC1)N1CCCC1C1CCCC1. The zero-order valence-electron chi connectivity index (χ0n) is 10.7. The van der Waals surface area contributed by atoms with Gasteiger partial charge >= 0.3 is 6.03 Å². The van der Waals surface area contributed by atoms with E-state index in [1.54, 1.807) is 0 Å². The Balaban J connectivity index is 1.65. The fourth-order valence-corrected chi connectivity index (χ4v) is 3.95. The maximum absolute atomic E-state index is 12.5. The quantitative estimate of drug-likeness (QED) is 0.686. The van der Waals surface area contributed by atoms with Gasteiger partial charge in [-0.1, -0.05) is 12.8 Å². The topological polar surface area (TPSA) is 23.6 Å². The van der Waals surface area contributed by atoms with E-state index in [2.05, 4.69) is 9.80 Å². The van der Waals surface area contributed by atoms with Gasteiger partial charge in [0.05, 0.1) is 0 Å². The van der Waals surface area contributed by atoms with Crippen molar-refractivity contribution in [2.45, 2.75) is 57.4 Å². The van der Waals surface area contributed by atoms with Crippen LogP contribution in [0.15, 0.2) is 0 Å². The van der Waals surface area contributed by atoms with E-state index >= 15 is 0 Å². The van der Waals surface area contributed by atoms with E-state index in [-0.39, 0.29) is 0 Å². The first-order valence-corrected chi connectivity index (χ1v) is 7.42. The highest BCUT2D eigenvalue weighted by molar-refractivity contribution is 5.75. The molecule has 2 heterocycles. The summed E-state index contributed by atoms with van der Waals surface area (Å²) < 4.78 is 0. The van der Waals surface area contributed by atoms with Crippen molar-refractivity contribution in [3.05, 3.63) is 0 Å². The zero-order chi connectivity index (χ0) is 11.7. The molecule has 2 amide bonds. The first-order chi connectivity index (χ1) is 8.36. The third kappa shape index (κ3) is 2.16. The van der Waals surface area contributed by atoms with E-state index in [0.29, 0.717) is 12.1 Å². The largest absolute Gasteiger partial charge is 0.325 e. The Kier molecular flexibility index (Phi) is 3.26. The summed E-state index contributed by atoms with van der Waals surface area (Å²) >= 11 is 0. The summed E-state index contributed by atoms with van der Waals surface area (Å²) in [6.45, 7) is 3.00. The van der Waals surface area contributed by atoms with Crippen LogP contribution >= 0.6 is 0 Å². The van der Waals surface area contributed by atoms with Gasteiger partial charge < -0.3 is 9.80 Å². The molecule has 2 saturated heterocycles. The van der Waals surface area contributed by atoms with Crippen LogP contribution in [0.2, 0.25) is 0 Å². The Labute approximate surface area is 104 Å². The van der Waals surface area contributed by atoms with Gasteiger partial charge in [0, 0.05) is 25.7 Å². The number of likely N-dealkylation sites (tertiary alicyclic amines) is 2. The fraction of sp³-hybridized carbons (Fsp3) is 0.929. The van der Waals surface area contributed by atoms with E-state index in [9.17, 15) is 4.79 Å². The summed E-state index contributed by atoms with van der Waals surface area (Å²) in [4.78, 5) is 16.8. The maximum Gasteiger partial charge on any atom is 0.320 e. The van der Waals surface area contributed by atoms with Crippen molar-refractivity contribution < 1.29 is 4.79 Å². The van der Waals surface area contributed by atoms with Gasteiger partial charge in [0.15, 0.2) is 0 Å². The summed E-state index contributed by atoms with van der Waals surface area (Å²) in [5, 5.41) is 0. The van der Waals surface area contributed by atoms with E-state index in [4.69, 9.17) is 0 Å². The second-order valence-corrected chi connectivity index (χ2v) is 5.92. The average Bonchev–Trinajstić information content (AvgIpc) is 3.09. The minimum Gasteiger partial charge on any atom is -0.325 e. The number of nitrogens with zero attached hydrogens (tertiary/aromatic N) is 2. The van der Waals surface area contributed by atoms with E-state index in [1.165, 1.54) is 51.4 Å². The van der Waals surface area contributed by atoms with Crippen LogP contribution < -0.4 is 0 Å². The summed E-state index contributed by atoms with van der Waals surface area (Å²) in [5.74, 6) is 0.809. The lowest BCUT2D eigenvalue weighted by atomic mass is 9.96. The van der Waals surface area contributed by atoms with Crippen molar-refractivity contribution in [1.82, 2.24) is 9.80 Å². The molecular weight excluding hydrogens is 212 g/mol. The highest BCUT2D eigenvalue weighted by atomic mass is 16.2. The summed E-state index contributed by atoms with van der Waals surface area (Å²) in [6.07, 6.45) is 10.4. The van der Waals surface area contributed by atoms with Crippen molar-refractivity contribution in [2.24, 2.45) is 5.92 Å². The Bertz CT molecular complexity index is 280. The van der Waals surface area contributed by atoms with Crippen LogP contribution in [0.5, 0.6) is 0 Å². The van der Waals surface area contributed by atoms with Gasteiger partial charge in [-0.15, -0.1) is 0 Å². The first-order valence-electron chi connectivity index (χ1n) is 7.42. The third-order valence-corrected chi connectivity index (χ3v) is 4.87. The van der Waals surface area contributed by atoms with Crippen molar-refractivity contribution in [3.63, 3.8) is 0 Å². The minimum absolute atomic E-state index is 0.344. The monoisotopic (exact) mass is 236 g/mol. The molecule has 3 heteroatoms. The highest BCUT2D eigenvalue weighted by Gasteiger charge is 2.37. The van der Waals surface area contributed by atoms with Crippen LogP contribution in [0.25, 0.3) is 0 Å². The van der Waals surface area contributed by atoms with Crippen molar-refractivity contribution >= 4 is 6.03 Å². The van der Waals surface area contributed by atoms with Gasteiger partial charge in [-0.3, -0.25) is 0 Å².